The first kappa shape index (κ1) is 11.5. The molecule has 1 saturated heterocycles. The van der Waals surface area contributed by atoms with Crippen molar-refractivity contribution in [3.8, 4) is 0 Å². The Kier molecular flexibility index (Phi) is 3.51. The molecule has 0 spiro atoms. The fourth-order valence-electron chi connectivity index (χ4n) is 2.28. The van der Waals surface area contributed by atoms with Crippen LogP contribution in [0.15, 0.2) is 18.5 Å². The molecular weight excluding hydrogens is 209 g/mol. The van der Waals surface area contributed by atoms with Gasteiger partial charge in [0.25, 0.3) is 0 Å². The summed E-state index contributed by atoms with van der Waals surface area (Å²) in [5.41, 5.74) is 0.536. The van der Waals surface area contributed by atoms with E-state index in [1.165, 1.54) is 12.3 Å². The molecule has 1 aliphatic rings. The van der Waals surface area contributed by atoms with Gasteiger partial charge in [0.15, 0.2) is 0 Å². The van der Waals surface area contributed by atoms with Gasteiger partial charge in [0.1, 0.15) is 5.82 Å². The summed E-state index contributed by atoms with van der Waals surface area (Å²) in [4.78, 5) is 3.75. The average Bonchev–Trinajstić information content (AvgIpc) is 2.76. The molecule has 0 aliphatic carbocycles. The molecule has 0 radical (unpaired) electrons. The molecule has 0 aromatic carbocycles. The molecule has 1 aromatic rings. The van der Waals surface area contributed by atoms with Crippen LogP contribution in [-0.4, -0.2) is 22.8 Å². The molecule has 3 nitrogen and oxygen atoms in total. The standard InChI is InChI=1S/C12H16FNO2/c1-2-11-10(3-4-16-11)12(15)8-5-9(13)7-14-6-8/h5-7,10-12,15H,2-4H2,1H3. The summed E-state index contributed by atoms with van der Waals surface area (Å²) in [6, 6.07) is 1.34. The first-order valence-corrected chi connectivity index (χ1v) is 5.62. The molecule has 3 unspecified atom stereocenters. The van der Waals surface area contributed by atoms with Crippen LogP contribution < -0.4 is 0 Å². The highest BCUT2D eigenvalue weighted by molar-refractivity contribution is 5.15. The quantitative estimate of drug-likeness (QED) is 0.856. The highest BCUT2D eigenvalue weighted by Gasteiger charge is 2.33. The summed E-state index contributed by atoms with van der Waals surface area (Å²) in [5, 5.41) is 10.2. The van der Waals surface area contributed by atoms with Crippen LogP contribution in [0.2, 0.25) is 0 Å². The second kappa shape index (κ2) is 4.89. The van der Waals surface area contributed by atoms with Crippen LogP contribution in [0.3, 0.4) is 0 Å². The number of rotatable bonds is 3. The van der Waals surface area contributed by atoms with E-state index in [0.717, 1.165) is 19.0 Å². The van der Waals surface area contributed by atoms with Gasteiger partial charge in [0.2, 0.25) is 0 Å². The summed E-state index contributed by atoms with van der Waals surface area (Å²) in [6.45, 7) is 2.70. The summed E-state index contributed by atoms with van der Waals surface area (Å²) >= 11 is 0. The van der Waals surface area contributed by atoms with E-state index >= 15 is 0 Å². The van der Waals surface area contributed by atoms with E-state index in [-0.39, 0.29) is 12.0 Å². The van der Waals surface area contributed by atoms with Crippen molar-refractivity contribution in [2.75, 3.05) is 6.61 Å². The summed E-state index contributed by atoms with van der Waals surface area (Å²) in [5.74, 6) is -0.364. The van der Waals surface area contributed by atoms with Crippen molar-refractivity contribution in [3.63, 3.8) is 0 Å². The van der Waals surface area contributed by atoms with Crippen molar-refractivity contribution in [1.82, 2.24) is 4.98 Å². The number of halogens is 1. The Morgan fingerprint density at radius 1 is 1.62 bits per heavy atom. The van der Waals surface area contributed by atoms with Crippen LogP contribution >= 0.6 is 0 Å². The lowest BCUT2D eigenvalue weighted by atomic mass is 9.90. The minimum Gasteiger partial charge on any atom is -0.388 e. The third-order valence-electron chi connectivity index (χ3n) is 3.14. The van der Waals surface area contributed by atoms with Crippen LogP contribution in [0.25, 0.3) is 0 Å². The van der Waals surface area contributed by atoms with E-state index in [2.05, 4.69) is 4.98 Å². The number of pyridine rings is 1. The summed E-state index contributed by atoms with van der Waals surface area (Å²) in [7, 11) is 0. The van der Waals surface area contributed by atoms with Gasteiger partial charge in [-0.25, -0.2) is 4.39 Å². The number of ether oxygens (including phenoxy) is 1. The first-order valence-electron chi connectivity index (χ1n) is 5.62. The lowest BCUT2D eigenvalue weighted by Crippen LogP contribution is -2.22. The molecule has 88 valence electrons. The van der Waals surface area contributed by atoms with E-state index in [9.17, 15) is 9.50 Å². The zero-order valence-corrected chi connectivity index (χ0v) is 9.27. The highest BCUT2D eigenvalue weighted by Crippen LogP contribution is 2.34. The van der Waals surface area contributed by atoms with Crippen LogP contribution in [0.4, 0.5) is 4.39 Å². The van der Waals surface area contributed by atoms with Gasteiger partial charge in [-0.05, 0) is 18.9 Å². The minimum absolute atomic E-state index is 0.0496. The Morgan fingerprint density at radius 3 is 3.12 bits per heavy atom. The normalized spacial score (nSPS) is 26.9. The molecule has 1 N–H and O–H groups in total. The van der Waals surface area contributed by atoms with E-state index in [0.29, 0.717) is 12.2 Å². The van der Waals surface area contributed by atoms with Gasteiger partial charge >= 0.3 is 0 Å². The fraction of sp³-hybridized carbons (Fsp3) is 0.583. The number of nitrogens with zero attached hydrogens (tertiary/aromatic N) is 1. The maximum atomic E-state index is 13.0. The molecule has 2 heterocycles. The topological polar surface area (TPSA) is 42.4 Å². The van der Waals surface area contributed by atoms with Crippen molar-refractivity contribution in [1.29, 1.82) is 0 Å². The molecule has 2 rings (SSSR count). The zero-order chi connectivity index (χ0) is 11.5. The number of aliphatic hydroxyl groups excluding tert-OH is 1. The van der Waals surface area contributed by atoms with Gasteiger partial charge in [0.05, 0.1) is 18.4 Å². The summed E-state index contributed by atoms with van der Waals surface area (Å²) < 4.78 is 18.5. The fourth-order valence-corrected chi connectivity index (χ4v) is 2.28. The first-order chi connectivity index (χ1) is 7.72. The van der Waals surface area contributed by atoms with Gasteiger partial charge in [-0.2, -0.15) is 0 Å². The van der Waals surface area contributed by atoms with Gasteiger partial charge in [-0.15, -0.1) is 0 Å². The largest absolute Gasteiger partial charge is 0.388 e. The zero-order valence-electron chi connectivity index (χ0n) is 9.27. The predicted octanol–water partition coefficient (Wildman–Crippen LogP) is 2.07. The molecule has 0 bridgehead atoms. The molecular formula is C12H16FNO2. The number of aliphatic hydroxyl groups is 1. The maximum absolute atomic E-state index is 13.0. The second-order valence-corrected chi connectivity index (χ2v) is 4.15. The Bertz CT molecular complexity index is 359. The number of aromatic nitrogens is 1. The minimum atomic E-state index is -0.685. The number of hydrogen-bond donors (Lipinski definition) is 1. The molecule has 16 heavy (non-hydrogen) atoms. The highest BCUT2D eigenvalue weighted by atomic mass is 19.1. The van der Waals surface area contributed by atoms with Crippen LogP contribution in [0.1, 0.15) is 31.4 Å². The summed E-state index contributed by atoms with van der Waals surface area (Å²) in [6.07, 6.45) is 3.71. The van der Waals surface area contributed by atoms with E-state index < -0.39 is 11.9 Å². The number of hydrogen-bond acceptors (Lipinski definition) is 3. The molecule has 3 atom stereocenters. The van der Waals surface area contributed by atoms with Crippen LogP contribution in [0.5, 0.6) is 0 Å². The SMILES string of the molecule is CCC1OCCC1C(O)c1cncc(F)c1. The van der Waals surface area contributed by atoms with Gasteiger partial charge in [-0.1, -0.05) is 6.92 Å². The monoisotopic (exact) mass is 225 g/mol. The van der Waals surface area contributed by atoms with Gasteiger partial charge in [-0.3, -0.25) is 4.98 Å². The predicted molar refractivity (Wildman–Crippen MR) is 57.3 cm³/mol. The third-order valence-corrected chi connectivity index (χ3v) is 3.14. The van der Waals surface area contributed by atoms with Gasteiger partial charge in [0, 0.05) is 24.3 Å². The van der Waals surface area contributed by atoms with Crippen molar-refractivity contribution >= 4 is 0 Å². The van der Waals surface area contributed by atoms with E-state index in [1.54, 1.807) is 0 Å². The molecule has 0 saturated carbocycles. The Balaban J connectivity index is 2.15. The maximum Gasteiger partial charge on any atom is 0.141 e. The Hall–Kier alpha value is -1.00. The van der Waals surface area contributed by atoms with Gasteiger partial charge < -0.3 is 9.84 Å². The van der Waals surface area contributed by atoms with Crippen molar-refractivity contribution < 1.29 is 14.2 Å². The Morgan fingerprint density at radius 2 is 2.44 bits per heavy atom. The lowest BCUT2D eigenvalue weighted by Gasteiger charge is -2.22. The van der Waals surface area contributed by atoms with E-state index in [4.69, 9.17) is 4.74 Å². The van der Waals surface area contributed by atoms with Crippen molar-refractivity contribution in [3.05, 3.63) is 29.8 Å². The van der Waals surface area contributed by atoms with Crippen LogP contribution in [-0.2, 0) is 4.74 Å². The smallest absolute Gasteiger partial charge is 0.141 e. The molecule has 1 fully saturated rings. The van der Waals surface area contributed by atoms with Crippen LogP contribution in [0, 0.1) is 11.7 Å². The average molecular weight is 225 g/mol. The third kappa shape index (κ3) is 2.23. The lowest BCUT2D eigenvalue weighted by molar-refractivity contribution is 0.0305. The van der Waals surface area contributed by atoms with Crippen molar-refractivity contribution in [2.24, 2.45) is 5.92 Å². The van der Waals surface area contributed by atoms with Crippen molar-refractivity contribution in [2.45, 2.75) is 32.0 Å². The molecule has 4 heteroatoms. The van der Waals surface area contributed by atoms with E-state index in [1.807, 2.05) is 6.92 Å². The molecule has 0 amide bonds. The Labute approximate surface area is 94.3 Å². The second-order valence-electron chi connectivity index (χ2n) is 4.15. The molecule has 1 aliphatic heterocycles. The molecule has 1 aromatic heterocycles.